The van der Waals surface area contributed by atoms with E-state index in [0.29, 0.717) is 5.56 Å². The van der Waals surface area contributed by atoms with Crippen LogP contribution in [0.1, 0.15) is 5.56 Å². The third-order valence-electron chi connectivity index (χ3n) is 2.19. The van der Waals surface area contributed by atoms with E-state index in [0.717, 1.165) is 23.8 Å². The molecule has 1 nitrogen and oxygen atoms in total. The normalized spacial score (nSPS) is 10.4. The minimum Gasteiger partial charge on any atom is -0.264 e. The van der Waals surface area contributed by atoms with E-state index in [1.54, 1.807) is 12.3 Å². The van der Waals surface area contributed by atoms with E-state index in [1.807, 2.05) is 0 Å². The standard InChI is InChI=1S/C12H8ClF2N/c13-5-8-3-9(7-16-6-8)11-4-10(14)1-2-12(11)15/h1-4,6-7H,5H2. The van der Waals surface area contributed by atoms with Crippen molar-refractivity contribution in [2.75, 3.05) is 0 Å². The van der Waals surface area contributed by atoms with Crippen LogP contribution in [-0.4, -0.2) is 4.98 Å². The summed E-state index contributed by atoms with van der Waals surface area (Å²) in [6.07, 6.45) is 3.07. The summed E-state index contributed by atoms with van der Waals surface area (Å²) >= 11 is 5.65. The molecular weight excluding hydrogens is 232 g/mol. The summed E-state index contributed by atoms with van der Waals surface area (Å²) in [7, 11) is 0. The number of alkyl halides is 1. The Morgan fingerprint density at radius 1 is 1.12 bits per heavy atom. The summed E-state index contributed by atoms with van der Waals surface area (Å²) < 4.78 is 26.5. The second-order valence-electron chi connectivity index (χ2n) is 3.34. The number of benzene rings is 1. The topological polar surface area (TPSA) is 12.9 Å². The van der Waals surface area contributed by atoms with Crippen molar-refractivity contribution in [3.05, 3.63) is 53.9 Å². The highest BCUT2D eigenvalue weighted by Crippen LogP contribution is 2.24. The lowest BCUT2D eigenvalue weighted by Crippen LogP contribution is -1.89. The van der Waals surface area contributed by atoms with Gasteiger partial charge in [0.1, 0.15) is 11.6 Å². The lowest BCUT2D eigenvalue weighted by Gasteiger charge is -2.04. The molecule has 0 aliphatic rings. The number of rotatable bonds is 2. The average Bonchev–Trinajstić information content (AvgIpc) is 2.32. The van der Waals surface area contributed by atoms with Crippen molar-refractivity contribution < 1.29 is 8.78 Å². The molecule has 0 aliphatic carbocycles. The van der Waals surface area contributed by atoms with Crippen LogP contribution >= 0.6 is 11.6 Å². The first-order valence-corrected chi connectivity index (χ1v) is 5.19. The molecule has 16 heavy (non-hydrogen) atoms. The Labute approximate surface area is 96.7 Å². The maximum atomic E-state index is 13.5. The Balaban J connectivity index is 2.53. The zero-order chi connectivity index (χ0) is 11.5. The summed E-state index contributed by atoms with van der Waals surface area (Å²) in [6.45, 7) is 0. The van der Waals surface area contributed by atoms with E-state index in [2.05, 4.69) is 4.98 Å². The summed E-state index contributed by atoms with van der Waals surface area (Å²) in [6, 6.07) is 5.01. The van der Waals surface area contributed by atoms with E-state index >= 15 is 0 Å². The first-order chi connectivity index (χ1) is 7.70. The van der Waals surface area contributed by atoms with Gasteiger partial charge in [0.25, 0.3) is 0 Å². The highest BCUT2D eigenvalue weighted by molar-refractivity contribution is 6.17. The van der Waals surface area contributed by atoms with Gasteiger partial charge in [-0.05, 0) is 29.8 Å². The molecule has 0 radical (unpaired) electrons. The Morgan fingerprint density at radius 3 is 2.69 bits per heavy atom. The van der Waals surface area contributed by atoms with Crippen LogP contribution in [0.5, 0.6) is 0 Å². The first-order valence-electron chi connectivity index (χ1n) is 4.66. The first kappa shape index (κ1) is 11.0. The fourth-order valence-electron chi connectivity index (χ4n) is 1.43. The van der Waals surface area contributed by atoms with Crippen molar-refractivity contribution in [3.63, 3.8) is 0 Å². The Kier molecular flexibility index (Phi) is 3.15. The molecule has 0 amide bonds. The summed E-state index contributed by atoms with van der Waals surface area (Å²) in [5, 5.41) is 0. The van der Waals surface area contributed by atoms with E-state index in [4.69, 9.17) is 11.6 Å². The number of pyridine rings is 1. The van der Waals surface area contributed by atoms with Gasteiger partial charge in [0.05, 0.1) is 0 Å². The van der Waals surface area contributed by atoms with Crippen LogP contribution in [0.25, 0.3) is 11.1 Å². The van der Waals surface area contributed by atoms with Gasteiger partial charge in [-0.15, -0.1) is 11.6 Å². The van der Waals surface area contributed by atoms with Crippen LogP contribution in [0, 0.1) is 11.6 Å². The quantitative estimate of drug-likeness (QED) is 0.727. The Morgan fingerprint density at radius 2 is 1.94 bits per heavy atom. The van der Waals surface area contributed by atoms with Gasteiger partial charge in [-0.3, -0.25) is 4.98 Å². The molecule has 0 unspecified atom stereocenters. The van der Waals surface area contributed by atoms with Crippen LogP contribution in [0.3, 0.4) is 0 Å². The molecule has 1 aromatic carbocycles. The minimum absolute atomic E-state index is 0.194. The largest absolute Gasteiger partial charge is 0.264 e. The van der Waals surface area contributed by atoms with Gasteiger partial charge in [-0.25, -0.2) is 8.78 Å². The van der Waals surface area contributed by atoms with Gasteiger partial charge in [0.2, 0.25) is 0 Å². The van der Waals surface area contributed by atoms with Crippen LogP contribution < -0.4 is 0 Å². The zero-order valence-corrected chi connectivity index (χ0v) is 9.01. The molecule has 0 aliphatic heterocycles. The van der Waals surface area contributed by atoms with Crippen molar-refractivity contribution in [2.45, 2.75) is 5.88 Å². The second kappa shape index (κ2) is 4.58. The van der Waals surface area contributed by atoms with Crippen LogP contribution in [0.4, 0.5) is 8.78 Å². The third kappa shape index (κ3) is 2.19. The molecule has 0 bridgehead atoms. The number of hydrogen-bond acceptors (Lipinski definition) is 1. The predicted octanol–water partition coefficient (Wildman–Crippen LogP) is 3.77. The van der Waals surface area contributed by atoms with Crippen LogP contribution in [-0.2, 0) is 5.88 Å². The molecule has 0 fully saturated rings. The molecule has 2 rings (SSSR count). The molecule has 0 saturated heterocycles. The van der Waals surface area contributed by atoms with Gasteiger partial charge in [-0.2, -0.15) is 0 Å². The van der Waals surface area contributed by atoms with Gasteiger partial charge >= 0.3 is 0 Å². The van der Waals surface area contributed by atoms with Crippen molar-refractivity contribution >= 4 is 11.6 Å². The van der Waals surface area contributed by atoms with E-state index in [1.165, 1.54) is 6.20 Å². The highest BCUT2D eigenvalue weighted by Gasteiger charge is 2.07. The van der Waals surface area contributed by atoms with E-state index in [-0.39, 0.29) is 11.4 Å². The summed E-state index contributed by atoms with van der Waals surface area (Å²) in [5.41, 5.74) is 1.48. The van der Waals surface area contributed by atoms with E-state index in [9.17, 15) is 8.78 Å². The smallest absolute Gasteiger partial charge is 0.131 e. The second-order valence-corrected chi connectivity index (χ2v) is 3.61. The Hall–Kier alpha value is -1.48. The zero-order valence-electron chi connectivity index (χ0n) is 8.25. The molecule has 0 N–H and O–H groups in total. The van der Waals surface area contributed by atoms with E-state index < -0.39 is 11.6 Å². The summed E-state index contributed by atoms with van der Waals surface area (Å²) in [5.74, 6) is -0.666. The number of nitrogens with zero attached hydrogens (tertiary/aromatic N) is 1. The van der Waals surface area contributed by atoms with Crippen molar-refractivity contribution in [1.29, 1.82) is 0 Å². The number of aromatic nitrogens is 1. The van der Waals surface area contributed by atoms with Crippen molar-refractivity contribution in [3.8, 4) is 11.1 Å². The highest BCUT2D eigenvalue weighted by atomic mass is 35.5. The molecule has 82 valence electrons. The maximum Gasteiger partial charge on any atom is 0.131 e. The molecule has 1 aromatic heterocycles. The number of hydrogen-bond donors (Lipinski definition) is 0. The molecule has 1 heterocycles. The van der Waals surface area contributed by atoms with Gasteiger partial charge in [0.15, 0.2) is 0 Å². The van der Waals surface area contributed by atoms with Gasteiger partial charge in [0, 0.05) is 29.4 Å². The van der Waals surface area contributed by atoms with Gasteiger partial charge < -0.3 is 0 Å². The van der Waals surface area contributed by atoms with Crippen LogP contribution in [0.2, 0.25) is 0 Å². The average molecular weight is 240 g/mol. The lowest BCUT2D eigenvalue weighted by molar-refractivity contribution is 0.603. The fourth-order valence-corrected chi connectivity index (χ4v) is 1.57. The number of halogens is 3. The van der Waals surface area contributed by atoms with Crippen molar-refractivity contribution in [2.24, 2.45) is 0 Å². The molecule has 4 heteroatoms. The summed E-state index contributed by atoms with van der Waals surface area (Å²) in [4.78, 5) is 3.93. The maximum absolute atomic E-state index is 13.5. The molecule has 2 aromatic rings. The van der Waals surface area contributed by atoms with Gasteiger partial charge in [-0.1, -0.05) is 0 Å². The molecule has 0 atom stereocenters. The minimum atomic E-state index is -0.479. The van der Waals surface area contributed by atoms with Crippen LogP contribution in [0.15, 0.2) is 36.7 Å². The lowest BCUT2D eigenvalue weighted by atomic mass is 10.1. The molecular formula is C12H8ClF2N. The Bertz CT molecular complexity index is 514. The SMILES string of the molecule is Fc1ccc(F)c(-c2cncc(CCl)c2)c1. The fraction of sp³-hybridized carbons (Fsp3) is 0.0833. The monoisotopic (exact) mass is 239 g/mol. The van der Waals surface area contributed by atoms with Crippen molar-refractivity contribution in [1.82, 2.24) is 4.98 Å². The molecule has 0 spiro atoms. The molecule has 0 saturated carbocycles. The predicted molar refractivity (Wildman–Crippen MR) is 59.1 cm³/mol. The third-order valence-corrected chi connectivity index (χ3v) is 2.50.